The molecule has 1 unspecified atom stereocenters. The topological polar surface area (TPSA) is 89.8 Å². The summed E-state index contributed by atoms with van der Waals surface area (Å²) in [6.07, 6.45) is 4.73. The van der Waals surface area contributed by atoms with E-state index in [1.165, 1.54) is 0 Å². The van der Waals surface area contributed by atoms with Crippen molar-refractivity contribution in [2.75, 3.05) is 18.4 Å². The molecule has 4 rings (SSSR count). The van der Waals surface area contributed by atoms with Crippen LogP contribution in [0.3, 0.4) is 0 Å². The van der Waals surface area contributed by atoms with Gasteiger partial charge in [0.25, 0.3) is 0 Å². The number of nitrogens with one attached hydrogen (secondary N) is 2. The lowest BCUT2D eigenvalue weighted by atomic mass is 10.2. The molecule has 1 aliphatic rings. The Bertz CT molecular complexity index is 830. The average molecular weight is 351 g/mol. The van der Waals surface area contributed by atoms with Gasteiger partial charge < -0.3 is 15.4 Å². The molecule has 134 valence electrons. The van der Waals surface area contributed by atoms with Crippen molar-refractivity contribution in [2.24, 2.45) is 0 Å². The van der Waals surface area contributed by atoms with Gasteiger partial charge in [-0.05, 0) is 18.5 Å². The van der Waals surface area contributed by atoms with Crippen LogP contribution in [0.25, 0.3) is 0 Å². The maximum atomic E-state index is 5.73. The molecule has 1 fully saturated rings. The van der Waals surface area contributed by atoms with Crippen LogP contribution in [0.2, 0.25) is 0 Å². The van der Waals surface area contributed by atoms with Crippen LogP contribution >= 0.6 is 0 Å². The summed E-state index contributed by atoms with van der Waals surface area (Å²) < 4.78 is 7.65. The number of hydrogen-bond acceptors (Lipinski definition) is 7. The van der Waals surface area contributed by atoms with Gasteiger partial charge in [0.2, 0.25) is 11.8 Å². The minimum absolute atomic E-state index is 0.391. The van der Waals surface area contributed by atoms with Crippen molar-refractivity contribution in [3.05, 3.63) is 60.0 Å². The highest BCUT2D eigenvalue weighted by atomic mass is 16.5. The van der Waals surface area contributed by atoms with Gasteiger partial charge in [-0.15, -0.1) is 5.10 Å². The number of aromatic nitrogens is 5. The first-order chi connectivity index (χ1) is 12.9. The molecule has 2 aromatic heterocycles. The van der Waals surface area contributed by atoms with E-state index in [4.69, 9.17) is 4.74 Å². The largest absolute Gasteiger partial charge is 0.473 e. The predicted molar refractivity (Wildman–Crippen MR) is 96.7 cm³/mol. The summed E-state index contributed by atoms with van der Waals surface area (Å²) in [5, 5.41) is 14.9. The standard InChI is InChI=1S/C18H21N7O/c1-2-4-14(5-3-1)13-26-17-7-9-20-18(22-17)21-10-15-12-25(24-23-15)16-6-8-19-11-16/h1-5,7,9,12,16,19H,6,8,10-11,13H2,(H,20,21,22). The molecule has 1 aliphatic heterocycles. The van der Waals surface area contributed by atoms with Crippen LogP contribution in [0.5, 0.6) is 5.88 Å². The van der Waals surface area contributed by atoms with Crippen LogP contribution in [0.4, 0.5) is 5.95 Å². The third-order valence-electron chi connectivity index (χ3n) is 4.25. The van der Waals surface area contributed by atoms with Crippen LogP contribution < -0.4 is 15.4 Å². The summed E-state index contributed by atoms with van der Waals surface area (Å²) in [4.78, 5) is 8.60. The van der Waals surface area contributed by atoms with E-state index in [0.29, 0.717) is 31.0 Å². The molecular weight excluding hydrogens is 330 g/mol. The zero-order valence-corrected chi connectivity index (χ0v) is 14.4. The maximum absolute atomic E-state index is 5.73. The fraction of sp³-hybridized carbons (Fsp3) is 0.333. The van der Waals surface area contributed by atoms with Gasteiger partial charge in [0, 0.05) is 18.8 Å². The van der Waals surface area contributed by atoms with Crippen molar-refractivity contribution in [3.63, 3.8) is 0 Å². The van der Waals surface area contributed by atoms with E-state index in [1.807, 2.05) is 41.2 Å². The zero-order valence-electron chi connectivity index (χ0n) is 14.4. The second kappa shape index (κ2) is 7.92. The summed E-state index contributed by atoms with van der Waals surface area (Å²) in [5.41, 5.74) is 1.95. The van der Waals surface area contributed by atoms with Gasteiger partial charge in [0.1, 0.15) is 12.3 Å². The van der Waals surface area contributed by atoms with Crippen molar-refractivity contribution in [3.8, 4) is 5.88 Å². The van der Waals surface area contributed by atoms with E-state index in [2.05, 4.69) is 30.9 Å². The highest BCUT2D eigenvalue weighted by Crippen LogP contribution is 2.14. The molecular formula is C18H21N7O. The number of anilines is 1. The van der Waals surface area contributed by atoms with Crippen LogP contribution in [-0.2, 0) is 13.2 Å². The van der Waals surface area contributed by atoms with Gasteiger partial charge >= 0.3 is 0 Å². The van der Waals surface area contributed by atoms with Crippen molar-refractivity contribution in [2.45, 2.75) is 25.6 Å². The second-order valence-electron chi connectivity index (χ2n) is 6.18. The van der Waals surface area contributed by atoms with Gasteiger partial charge in [-0.25, -0.2) is 9.67 Å². The fourth-order valence-corrected chi connectivity index (χ4v) is 2.85. The highest BCUT2D eigenvalue weighted by molar-refractivity contribution is 5.28. The Labute approximate surface area is 151 Å². The molecule has 0 spiro atoms. The van der Waals surface area contributed by atoms with E-state index in [0.717, 1.165) is 30.8 Å². The first-order valence-electron chi connectivity index (χ1n) is 8.72. The normalized spacial score (nSPS) is 16.5. The fourth-order valence-electron chi connectivity index (χ4n) is 2.85. The van der Waals surface area contributed by atoms with Gasteiger partial charge in [0.15, 0.2) is 0 Å². The quantitative estimate of drug-likeness (QED) is 0.671. The van der Waals surface area contributed by atoms with E-state index in [1.54, 1.807) is 12.3 Å². The van der Waals surface area contributed by atoms with Crippen LogP contribution in [-0.4, -0.2) is 38.1 Å². The van der Waals surface area contributed by atoms with E-state index in [-0.39, 0.29) is 0 Å². The van der Waals surface area contributed by atoms with E-state index in [9.17, 15) is 0 Å². The molecule has 8 heteroatoms. The Morgan fingerprint density at radius 3 is 3.00 bits per heavy atom. The van der Waals surface area contributed by atoms with Crippen LogP contribution in [0.15, 0.2) is 48.8 Å². The van der Waals surface area contributed by atoms with Crippen LogP contribution in [0.1, 0.15) is 23.7 Å². The molecule has 0 aliphatic carbocycles. The molecule has 0 saturated carbocycles. The molecule has 0 radical (unpaired) electrons. The molecule has 1 aromatic carbocycles. The molecule has 0 bridgehead atoms. The second-order valence-corrected chi connectivity index (χ2v) is 6.18. The van der Waals surface area contributed by atoms with Crippen molar-refractivity contribution in [1.29, 1.82) is 0 Å². The lowest BCUT2D eigenvalue weighted by Gasteiger charge is -2.07. The molecule has 2 N–H and O–H groups in total. The molecule has 3 heterocycles. The smallest absolute Gasteiger partial charge is 0.226 e. The number of nitrogens with zero attached hydrogens (tertiary/aromatic N) is 5. The Morgan fingerprint density at radius 2 is 2.15 bits per heavy atom. The van der Waals surface area contributed by atoms with E-state index < -0.39 is 0 Å². The highest BCUT2D eigenvalue weighted by Gasteiger charge is 2.17. The zero-order chi connectivity index (χ0) is 17.6. The molecule has 26 heavy (non-hydrogen) atoms. The third kappa shape index (κ3) is 4.15. The average Bonchev–Trinajstić information content (AvgIpc) is 3.37. The molecule has 1 atom stereocenters. The summed E-state index contributed by atoms with van der Waals surface area (Å²) in [7, 11) is 0. The molecule has 8 nitrogen and oxygen atoms in total. The first kappa shape index (κ1) is 16.5. The lowest BCUT2D eigenvalue weighted by molar-refractivity contribution is 0.293. The predicted octanol–water partition coefficient (Wildman–Crippen LogP) is 1.79. The summed E-state index contributed by atoms with van der Waals surface area (Å²) in [6.45, 7) is 2.96. The van der Waals surface area contributed by atoms with Gasteiger partial charge in [-0.2, -0.15) is 4.98 Å². The lowest BCUT2D eigenvalue weighted by Crippen LogP contribution is -2.13. The maximum Gasteiger partial charge on any atom is 0.226 e. The van der Waals surface area contributed by atoms with E-state index >= 15 is 0 Å². The van der Waals surface area contributed by atoms with Gasteiger partial charge in [-0.1, -0.05) is 35.5 Å². The Balaban J connectivity index is 1.32. The molecule has 3 aromatic rings. The number of rotatable bonds is 7. The number of ether oxygens (including phenoxy) is 1. The number of benzene rings is 1. The van der Waals surface area contributed by atoms with Gasteiger partial charge in [-0.3, -0.25) is 0 Å². The molecule has 0 amide bonds. The Hall–Kier alpha value is -3.00. The summed E-state index contributed by atoms with van der Waals surface area (Å²) in [5.74, 6) is 1.04. The van der Waals surface area contributed by atoms with Gasteiger partial charge in [0.05, 0.1) is 18.8 Å². The monoisotopic (exact) mass is 351 g/mol. The SMILES string of the molecule is c1ccc(COc2ccnc(NCc3cn(C4CCNC4)nn3)n2)cc1. The third-order valence-corrected chi connectivity index (χ3v) is 4.25. The summed E-state index contributed by atoms with van der Waals surface area (Å²) >= 11 is 0. The van der Waals surface area contributed by atoms with Crippen molar-refractivity contribution >= 4 is 5.95 Å². The summed E-state index contributed by atoms with van der Waals surface area (Å²) in [6, 6.07) is 12.1. The molecule has 1 saturated heterocycles. The Kier molecular flexibility index (Phi) is 5.02. The van der Waals surface area contributed by atoms with Crippen molar-refractivity contribution in [1.82, 2.24) is 30.3 Å². The van der Waals surface area contributed by atoms with Crippen molar-refractivity contribution < 1.29 is 4.74 Å². The minimum Gasteiger partial charge on any atom is -0.473 e. The number of hydrogen-bond donors (Lipinski definition) is 2. The minimum atomic E-state index is 0.391. The Morgan fingerprint density at radius 1 is 1.23 bits per heavy atom. The van der Waals surface area contributed by atoms with Crippen LogP contribution in [0, 0.1) is 0 Å². The first-order valence-corrected chi connectivity index (χ1v) is 8.72.